The Kier molecular flexibility index (Phi) is 3.01. The third-order valence-corrected chi connectivity index (χ3v) is 3.00. The molecular weight excluding hydrogens is 242 g/mol. The summed E-state index contributed by atoms with van der Waals surface area (Å²) in [6.45, 7) is 4.51. The van der Waals surface area contributed by atoms with E-state index in [-0.39, 0.29) is 0 Å². The van der Waals surface area contributed by atoms with E-state index < -0.39 is 0 Å². The molecule has 0 N–H and O–H groups in total. The summed E-state index contributed by atoms with van der Waals surface area (Å²) in [6.07, 6.45) is 6.19. The fourth-order valence-electron chi connectivity index (χ4n) is 1.87. The van der Waals surface area contributed by atoms with Gasteiger partial charge in [-0.25, -0.2) is 9.97 Å². The minimum Gasteiger partial charge on any atom is -0.355 e. The zero-order valence-corrected chi connectivity index (χ0v) is 9.87. The molecule has 0 aromatic carbocycles. The normalized spacial score (nSPS) is 22.4. The smallest absolute Gasteiger partial charge is 0.147 e. The van der Waals surface area contributed by atoms with E-state index in [4.69, 9.17) is 0 Å². The molecule has 1 unspecified atom stereocenters. The molecule has 1 aliphatic heterocycles. The van der Waals surface area contributed by atoms with Crippen molar-refractivity contribution in [3.63, 3.8) is 0 Å². The molecule has 3 nitrogen and oxygen atoms in total. The zero-order valence-electron chi connectivity index (χ0n) is 8.28. The van der Waals surface area contributed by atoms with Gasteiger partial charge >= 0.3 is 0 Å². The maximum Gasteiger partial charge on any atom is 0.147 e. The van der Waals surface area contributed by atoms with E-state index >= 15 is 0 Å². The SMILES string of the molecule is CC1CCCN(c2cnc(Br)cn2)C1. The lowest BCUT2D eigenvalue weighted by Gasteiger charge is -2.31. The van der Waals surface area contributed by atoms with E-state index in [1.54, 1.807) is 6.20 Å². The van der Waals surface area contributed by atoms with Gasteiger partial charge < -0.3 is 4.90 Å². The van der Waals surface area contributed by atoms with Crippen LogP contribution < -0.4 is 4.90 Å². The Balaban J connectivity index is 2.10. The highest BCUT2D eigenvalue weighted by Crippen LogP contribution is 2.20. The highest BCUT2D eigenvalue weighted by atomic mass is 79.9. The van der Waals surface area contributed by atoms with E-state index in [1.165, 1.54) is 12.8 Å². The minimum absolute atomic E-state index is 0.772. The molecule has 0 spiro atoms. The number of anilines is 1. The van der Waals surface area contributed by atoms with Crippen LogP contribution in [0.4, 0.5) is 5.82 Å². The Morgan fingerprint density at radius 1 is 1.43 bits per heavy atom. The molecule has 1 aromatic heterocycles. The lowest BCUT2D eigenvalue weighted by molar-refractivity contribution is 0.444. The molecule has 0 radical (unpaired) electrons. The second-order valence-corrected chi connectivity index (χ2v) is 4.70. The van der Waals surface area contributed by atoms with Gasteiger partial charge in [-0.2, -0.15) is 0 Å². The number of hydrogen-bond donors (Lipinski definition) is 0. The minimum atomic E-state index is 0.772. The van der Waals surface area contributed by atoms with Gasteiger partial charge in [-0.3, -0.25) is 0 Å². The first kappa shape index (κ1) is 9.90. The first-order chi connectivity index (χ1) is 6.75. The molecule has 4 heteroatoms. The van der Waals surface area contributed by atoms with E-state index in [0.29, 0.717) is 0 Å². The van der Waals surface area contributed by atoms with Crippen LogP contribution in [0.3, 0.4) is 0 Å². The number of halogens is 1. The van der Waals surface area contributed by atoms with E-state index in [9.17, 15) is 0 Å². The molecular formula is C10H14BrN3. The fourth-order valence-corrected chi connectivity index (χ4v) is 2.07. The number of nitrogens with zero attached hydrogens (tertiary/aromatic N) is 3. The van der Waals surface area contributed by atoms with Crippen molar-refractivity contribution in [1.29, 1.82) is 0 Å². The molecule has 1 atom stereocenters. The van der Waals surface area contributed by atoms with Crippen molar-refractivity contribution in [2.45, 2.75) is 19.8 Å². The van der Waals surface area contributed by atoms with Crippen LogP contribution in [0.1, 0.15) is 19.8 Å². The van der Waals surface area contributed by atoms with Crippen LogP contribution >= 0.6 is 15.9 Å². The average molecular weight is 256 g/mol. The molecule has 76 valence electrons. The van der Waals surface area contributed by atoms with Crippen molar-refractivity contribution in [3.8, 4) is 0 Å². The summed E-state index contributed by atoms with van der Waals surface area (Å²) in [5.74, 6) is 1.77. The third-order valence-electron chi connectivity index (χ3n) is 2.59. The molecule has 14 heavy (non-hydrogen) atoms. The topological polar surface area (TPSA) is 29.0 Å². The van der Waals surface area contributed by atoms with Gasteiger partial charge in [0, 0.05) is 13.1 Å². The molecule has 0 bridgehead atoms. The van der Waals surface area contributed by atoms with Gasteiger partial charge in [0.15, 0.2) is 0 Å². The Hall–Kier alpha value is -0.640. The predicted octanol–water partition coefficient (Wildman–Crippen LogP) is 2.48. The first-order valence-electron chi connectivity index (χ1n) is 4.98. The van der Waals surface area contributed by atoms with E-state index in [1.807, 2.05) is 6.20 Å². The molecule has 1 aromatic rings. The molecule has 1 saturated heterocycles. The first-order valence-corrected chi connectivity index (χ1v) is 5.77. The number of hydrogen-bond acceptors (Lipinski definition) is 3. The third kappa shape index (κ3) is 2.23. The molecule has 0 saturated carbocycles. The second-order valence-electron chi connectivity index (χ2n) is 3.89. The summed E-state index contributed by atoms with van der Waals surface area (Å²) < 4.78 is 0.798. The lowest BCUT2D eigenvalue weighted by atomic mass is 10.0. The standard InChI is InChI=1S/C10H14BrN3/c1-8-3-2-4-14(7-8)10-6-12-9(11)5-13-10/h5-6,8H,2-4,7H2,1H3. The summed E-state index contributed by atoms with van der Waals surface area (Å²) in [4.78, 5) is 10.9. The van der Waals surface area contributed by atoms with Gasteiger partial charge in [0.1, 0.15) is 10.4 Å². The lowest BCUT2D eigenvalue weighted by Crippen LogP contribution is -2.34. The molecule has 1 fully saturated rings. The highest BCUT2D eigenvalue weighted by molar-refractivity contribution is 9.10. The quantitative estimate of drug-likeness (QED) is 0.772. The van der Waals surface area contributed by atoms with Crippen LogP contribution in [0.15, 0.2) is 17.0 Å². The Morgan fingerprint density at radius 2 is 2.29 bits per heavy atom. The van der Waals surface area contributed by atoms with Crippen LogP contribution in [0.2, 0.25) is 0 Å². The van der Waals surface area contributed by atoms with Gasteiger partial charge in [-0.05, 0) is 34.7 Å². The molecule has 2 rings (SSSR count). The van der Waals surface area contributed by atoms with Gasteiger partial charge in [0.05, 0.1) is 12.4 Å². The van der Waals surface area contributed by atoms with Crippen molar-refractivity contribution < 1.29 is 0 Å². The maximum absolute atomic E-state index is 4.35. The van der Waals surface area contributed by atoms with Crippen LogP contribution in [0.25, 0.3) is 0 Å². The summed E-state index contributed by atoms with van der Waals surface area (Å²) >= 11 is 3.29. The molecule has 0 aliphatic carbocycles. The Bertz CT molecular complexity index is 299. The van der Waals surface area contributed by atoms with Gasteiger partial charge in [-0.1, -0.05) is 6.92 Å². The van der Waals surface area contributed by atoms with Crippen molar-refractivity contribution in [1.82, 2.24) is 9.97 Å². The van der Waals surface area contributed by atoms with E-state index in [0.717, 1.165) is 29.4 Å². The van der Waals surface area contributed by atoms with Gasteiger partial charge in [0.25, 0.3) is 0 Å². The van der Waals surface area contributed by atoms with Crippen molar-refractivity contribution in [2.75, 3.05) is 18.0 Å². The number of aromatic nitrogens is 2. The van der Waals surface area contributed by atoms with Crippen molar-refractivity contribution >= 4 is 21.7 Å². The average Bonchev–Trinajstić information content (AvgIpc) is 2.19. The number of rotatable bonds is 1. The fraction of sp³-hybridized carbons (Fsp3) is 0.600. The summed E-state index contributed by atoms with van der Waals surface area (Å²) in [6, 6.07) is 0. The largest absolute Gasteiger partial charge is 0.355 e. The number of piperidine rings is 1. The van der Waals surface area contributed by atoms with Gasteiger partial charge in [0.2, 0.25) is 0 Å². The molecule has 2 heterocycles. The summed E-state index contributed by atoms with van der Waals surface area (Å²) in [5.41, 5.74) is 0. The summed E-state index contributed by atoms with van der Waals surface area (Å²) in [7, 11) is 0. The van der Waals surface area contributed by atoms with Gasteiger partial charge in [-0.15, -0.1) is 0 Å². The monoisotopic (exact) mass is 255 g/mol. The van der Waals surface area contributed by atoms with Crippen molar-refractivity contribution in [3.05, 3.63) is 17.0 Å². The Morgan fingerprint density at radius 3 is 2.93 bits per heavy atom. The molecule has 1 aliphatic rings. The van der Waals surface area contributed by atoms with Crippen LogP contribution in [0.5, 0.6) is 0 Å². The van der Waals surface area contributed by atoms with Crippen LogP contribution in [0, 0.1) is 5.92 Å². The van der Waals surface area contributed by atoms with Crippen LogP contribution in [-0.4, -0.2) is 23.1 Å². The second kappa shape index (κ2) is 4.26. The molecule has 0 amide bonds. The maximum atomic E-state index is 4.35. The highest BCUT2D eigenvalue weighted by Gasteiger charge is 2.17. The zero-order chi connectivity index (χ0) is 9.97. The van der Waals surface area contributed by atoms with E-state index in [2.05, 4.69) is 37.7 Å². The van der Waals surface area contributed by atoms with Crippen molar-refractivity contribution in [2.24, 2.45) is 5.92 Å². The Labute approximate surface area is 92.7 Å². The summed E-state index contributed by atoms with van der Waals surface area (Å²) in [5, 5.41) is 0. The predicted molar refractivity (Wildman–Crippen MR) is 60.3 cm³/mol. The van der Waals surface area contributed by atoms with Crippen LogP contribution in [-0.2, 0) is 0 Å².